The highest BCUT2D eigenvalue weighted by Gasteiger charge is 2.03. The summed E-state index contributed by atoms with van der Waals surface area (Å²) in [4.78, 5) is 0. The molecular weight excluding hydrogens is 260 g/mol. The molecule has 0 bridgehead atoms. The van der Waals surface area contributed by atoms with E-state index in [0.29, 0.717) is 11.6 Å². The van der Waals surface area contributed by atoms with Crippen LogP contribution in [0, 0.1) is 0 Å². The molecule has 100 valence electrons. The van der Waals surface area contributed by atoms with E-state index in [1.165, 1.54) is 0 Å². The van der Waals surface area contributed by atoms with Gasteiger partial charge in [0.25, 0.3) is 0 Å². The second kappa shape index (κ2) is 7.17. The lowest BCUT2D eigenvalue weighted by Crippen LogP contribution is -1.96. The Labute approximate surface area is 118 Å². The van der Waals surface area contributed by atoms with E-state index in [0.717, 1.165) is 29.7 Å². The van der Waals surface area contributed by atoms with Gasteiger partial charge in [0.2, 0.25) is 0 Å². The second-order valence-corrected chi connectivity index (χ2v) is 4.76. The predicted molar refractivity (Wildman–Crippen MR) is 77.6 cm³/mol. The second-order valence-electron chi connectivity index (χ2n) is 4.35. The maximum atomic E-state index is 8.82. The number of halogens is 1. The van der Waals surface area contributed by atoms with E-state index in [1.807, 2.05) is 48.5 Å². The van der Waals surface area contributed by atoms with Crippen molar-refractivity contribution in [3.8, 4) is 5.75 Å². The van der Waals surface area contributed by atoms with E-state index in [4.69, 9.17) is 21.4 Å². The molecule has 2 nitrogen and oxygen atoms in total. The van der Waals surface area contributed by atoms with Crippen molar-refractivity contribution in [2.24, 2.45) is 0 Å². The summed E-state index contributed by atoms with van der Waals surface area (Å²) in [5.41, 5.74) is 2.17. The summed E-state index contributed by atoms with van der Waals surface area (Å²) in [5, 5.41) is 9.51. The molecule has 1 N–H and O–H groups in total. The largest absolute Gasteiger partial charge is 0.489 e. The predicted octanol–water partition coefficient (Wildman–Crippen LogP) is 3.84. The summed E-state index contributed by atoms with van der Waals surface area (Å²) < 4.78 is 5.70. The molecule has 0 atom stereocenters. The first-order chi connectivity index (χ1) is 9.29. The van der Waals surface area contributed by atoms with Gasteiger partial charge in [0.15, 0.2) is 0 Å². The summed E-state index contributed by atoms with van der Waals surface area (Å²) in [6, 6.07) is 15.7. The van der Waals surface area contributed by atoms with Gasteiger partial charge in [-0.1, -0.05) is 48.0 Å². The van der Waals surface area contributed by atoms with Gasteiger partial charge in [-0.2, -0.15) is 0 Å². The van der Waals surface area contributed by atoms with Crippen molar-refractivity contribution in [1.82, 2.24) is 0 Å². The van der Waals surface area contributed by atoms with E-state index < -0.39 is 0 Å². The smallest absolute Gasteiger partial charge is 0.121 e. The molecule has 3 heteroatoms. The van der Waals surface area contributed by atoms with Gasteiger partial charge >= 0.3 is 0 Å². The lowest BCUT2D eigenvalue weighted by atomic mass is 10.1. The molecule has 0 saturated carbocycles. The Kier molecular flexibility index (Phi) is 5.25. The SMILES string of the molecule is OCCCc1ccc(OCc2ccccc2)cc1Cl. The van der Waals surface area contributed by atoms with Crippen LogP contribution in [0.15, 0.2) is 48.5 Å². The van der Waals surface area contributed by atoms with Crippen LogP contribution in [0.25, 0.3) is 0 Å². The number of aliphatic hydroxyl groups is 1. The minimum atomic E-state index is 0.183. The molecule has 0 aliphatic carbocycles. The molecule has 2 aromatic rings. The molecule has 0 fully saturated rings. The minimum absolute atomic E-state index is 0.183. The summed E-state index contributed by atoms with van der Waals surface area (Å²) in [5.74, 6) is 0.765. The van der Waals surface area contributed by atoms with Gasteiger partial charge in [0.05, 0.1) is 0 Å². The van der Waals surface area contributed by atoms with Crippen molar-refractivity contribution in [3.05, 3.63) is 64.7 Å². The molecule has 2 rings (SSSR count). The van der Waals surface area contributed by atoms with Crippen LogP contribution in [-0.2, 0) is 13.0 Å². The number of hydrogen-bond acceptors (Lipinski definition) is 2. The van der Waals surface area contributed by atoms with Crippen molar-refractivity contribution < 1.29 is 9.84 Å². The maximum absolute atomic E-state index is 8.82. The molecule has 0 aliphatic rings. The highest BCUT2D eigenvalue weighted by atomic mass is 35.5. The average molecular weight is 277 g/mol. The zero-order valence-electron chi connectivity index (χ0n) is 10.7. The summed E-state index contributed by atoms with van der Waals surface area (Å²) in [7, 11) is 0. The molecule has 0 amide bonds. The van der Waals surface area contributed by atoms with E-state index in [9.17, 15) is 0 Å². The number of aryl methyl sites for hydroxylation is 1. The maximum Gasteiger partial charge on any atom is 0.121 e. The van der Waals surface area contributed by atoms with Crippen LogP contribution in [-0.4, -0.2) is 11.7 Å². The third-order valence-electron chi connectivity index (χ3n) is 2.88. The van der Waals surface area contributed by atoms with Crippen molar-refractivity contribution in [2.45, 2.75) is 19.4 Å². The first kappa shape index (κ1) is 13.9. The lowest BCUT2D eigenvalue weighted by Gasteiger charge is -2.09. The number of rotatable bonds is 6. The van der Waals surface area contributed by atoms with Crippen molar-refractivity contribution in [3.63, 3.8) is 0 Å². The normalized spacial score (nSPS) is 10.4. The van der Waals surface area contributed by atoms with E-state index in [-0.39, 0.29) is 6.61 Å². The van der Waals surface area contributed by atoms with Crippen LogP contribution in [0.2, 0.25) is 5.02 Å². The number of ether oxygens (including phenoxy) is 1. The molecule has 0 radical (unpaired) electrons. The summed E-state index contributed by atoms with van der Waals surface area (Å²) in [6.45, 7) is 0.718. The Morgan fingerprint density at radius 2 is 1.84 bits per heavy atom. The Bertz CT molecular complexity index is 511. The molecule has 19 heavy (non-hydrogen) atoms. The lowest BCUT2D eigenvalue weighted by molar-refractivity contribution is 0.288. The van der Waals surface area contributed by atoms with Crippen molar-refractivity contribution in [1.29, 1.82) is 0 Å². The molecule has 0 aromatic heterocycles. The topological polar surface area (TPSA) is 29.5 Å². The molecule has 0 aliphatic heterocycles. The zero-order chi connectivity index (χ0) is 13.5. The third kappa shape index (κ3) is 4.27. The number of aliphatic hydroxyl groups excluding tert-OH is 1. The van der Waals surface area contributed by atoms with Gasteiger partial charge in [-0.15, -0.1) is 0 Å². The number of benzene rings is 2. The van der Waals surface area contributed by atoms with Crippen LogP contribution >= 0.6 is 11.6 Å². The average Bonchev–Trinajstić information content (AvgIpc) is 2.45. The van der Waals surface area contributed by atoms with Crippen molar-refractivity contribution >= 4 is 11.6 Å². The van der Waals surface area contributed by atoms with Crippen LogP contribution in [0.1, 0.15) is 17.5 Å². The van der Waals surface area contributed by atoms with Gasteiger partial charge in [-0.3, -0.25) is 0 Å². The highest BCUT2D eigenvalue weighted by Crippen LogP contribution is 2.24. The first-order valence-electron chi connectivity index (χ1n) is 6.35. The van der Waals surface area contributed by atoms with E-state index in [1.54, 1.807) is 0 Å². The fourth-order valence-electron chi connectivity index (χ4n) is 1.83. The monoisotopic (exact) mass is 276 g/mol. The van der Waals surface area contributed by atoms with Gasteiger partial charge in [0.1, 0.15) is 12.4 Å². The third-order valence-corrected chi connectivity index (χ3v) is 3.23. The summed E-state index contributed by atoms with van der Waals surface area (Å²) >= 11 is 6.19. The first-order valence-corrected chi connectivity index (χ1v) is 6.73. The van der Waals surface area contributed by atoms with Crippen LogP contribution in [0.4, 0.5) is 0 Å². The van der Waals surface area contributed by atoms with Gasteiger partial charge in [0, 0.05) is 11.6 Å². The fraction of sp³-hybridized carbons (Fsp3) is 0.250. The summed E-state index contributed by atoms with van der Waals surface area (Å²) in [6.07, 6.45) is 1.51. The molecule has 0 spiro atoms. The minimum Gasteiger partial charge on any atom is -0.489 e. The van der Waals surface area contributed by atoms with E-state index >= 15 is 0 Å². The molecule has 0 heterocycles. The van der Waals surface area contributed by atoms with Crippen molar-refractivity contribution in [2.75, 3.05) is 6.61 Å². The number of hydrogen-bond donors (Lipinski definition) is 1. The Morgan fingerprint density at radius 1 is 1.05 bits per heavy atom. The molecular formula is C16H17ClO2. The van der Waals surface area contributed by atoms with Crippen LogP contribution in [0.3, 0.4) is 0 Å². The Balaban J connectivity index is 1.96. The quantitative estimate of drug-likeness (QED) is 0.868. The van der Waals surface area contributed by atoms with Gasteiger partial charge < -0.3 is 9.84 Å². The van der Waals surface area contributed by atoms with Crippen LogP contribution in [0.5, 0.6) is 5.75 Å². The highest BCUT2D eigenvalue weighted by molar-refractivity contribution is 6.31. The molecule has 2 aromatic carbocycles. The molecule has 0 unspecified atom stereocenters. The van der Waals surface area contributed by atoms with E-state index in [2.05, 4.69) is 0 Å². The molecule has 0 saturated heterocycles. The zero-order valence-corrected chi connectivity index (χ0v) is 11.4. The van der Waals surface area contributed by atoms with Crippen LogP contribution < -0.4 is 4.74 Å². The Hall–Kier alpha value is -1.51. The van der Waals surface area contributed by atoms with Gasteiger partial charge in [-0.25, -0.2) is 0 Å². The Morgan fingerprint density at radius 3 is 2.53 bits per heavy atom. The fourth-order valence-corrected chi connectivity index (χ4v) is 2.10. The van der Waals surface area contributed by atoms with Gasteiger partial charge in [-0.05, 0) is 36.1 Å². The standard InChI is InChI=1S/C16H17ClO2/c17-16-11-15(9-8-14(16)7-4-10-18)19-12-13-5-2-1-3-6-13/h1-3,5-6,8-9,11,18H,4,7,10,12H2.